The number of aromatic nitrogens is 1. The molecule has 0 spiro atoms. The van der Waals surface area contributed by atoms with Crippen LogP contribution >= 0.6 is 38.9 Å². The monoisotopic (exact) mass is 368 g/mol. The van der Waals surface area contributed by atoms with Gasteiger partial charge in [-0.3, -0.25) is 0 Å². The Balaban J connectivity index is 1.55. The van der Waals surface area contributed by atoms with Crippen LogP contribution in [0.2, 0.25) is 4.34 Å². The third-order valence-corrected chi connectivity index (χ3v) is 5.72. The van der Waals surface area contributed by atoms with Crippen molar-refractivity contribution in [2.45, 2.75) is 13.0 Å². The van der Waals surface area contributed by atoms with Gasteiger partial charge in [-0.1, -0.05) is 29.8 Å². The van der Waals surface area contributed by atoms with Crippen molar-refractivity contribution in [1.29, 1.82) is 0 Å². The summed E-state index contributed by atoms with van der Waals surface area (Å²) >= 11 is 11.1. The van der Waals surface area contributed by atoms with Gasteiger partial charge < -0.3 is 10.3 Å². The molecular weight excluding hydrogens is 356 g/mol. The first-order valence-corrected chi connectivity index (χ1v) is 8.42. The lowest BCUT2D eigenvalue weighted by Crippen LogP contribution is -2.15. The summed E-state index contributed by atoms with van der Waals surface area (Å²) < 4.78 is 1.80. The van der Waals surface area contributed by atoms with Gasteiger partial charge in [0, 0.05) is 33.0 Å². The predicted octanol–water partition coefficient (Wildman–Crippen LogP) is 4.98. The van der Waals surface area contributed by atoms with E-state index in [9.17, 15) is 0 Å². The zero-order chi connectivity index (χ0) is 13.9. The van der Waals surface area contributed by atoms with Crippen LogP contribution in [0.4, 0.5) is 0 Å². The summed E-state index contributed by atoms with van der Waals surface area (Å²) in [6, 6.07) is 10.5. The molecule has 3 rings (SSSR count). The number of thiophene rings is 1. The molecular formula is C15H14BrClN2S. The molecule has 1 aromatic carbocycles. The van der Waals surface area contributed by atoms with Crippen LogP contribution in [0.1, 0.15) is 10.4 Å². The highest BCUT2D eigenvalue weighted by molar-refractivity contribution is 9.10. The van der Waals surface area contributed by atoms with Crippen molar-refractivity contribution < 1.29 is 0 Å². The number of para-hydroxylation sites is 1. The SMILES string of the molecule is Clc1sc(CNCCc2c[nH]c3ccccc23)cc1Br. The Morgan fingerprint density at radius 2 is 2.15 bits per heavy atom. The van der Waals surface area contributed by atoms with Gasteiger partial charge in [-0.25, -0.2) is 0 Å². The van der Waals surface area contributed by atoms with E-state index in [-0.39, 0.29) is 0 Å². The van der Waals surface area contributed by atoms with E-state index in [1.807, 2.05) is 0 Å². The number of H-pyrrole nitrogens is 1. The molecule has 0 fully saturated rings. The minimum absolute atomic E-state index is 0.818. The normalized spacial score (nSPS) is 11.3. The number of hydrogen-bond donors (Lipinski definition) is 2. The second-order valence-electron chi connectivity index (χ2n) is 4.62. The molecule has 20 heavy (non-hydrogen) atoms. The maximum atomic E-state index is 6.03. The standard InChI is InChI=1S/C15H14BrClN2S/c16-13-7-11(20-15(13)17)9-18-6-5-10-8-19-14-4-2-1-3-12(10)14/h1-4,7-8,18-19H,5-6,9H2. The van der Waals surface area contributed by atoms with Crippen molar-refractivity contribution in [2.75, 3.05) is 6.54 Å². The summed E-state index contributed by atoms with van der Waals surface area (Å²) in [5, 5.41) is 4.78. The van der Waals surface area contributed by atoms with E-state index < -0.39 is 0 Å². The lowest BCUT2D eigenvalue weighted by molar-refractivity contribution is 0.695. The molecule has 0 saturated carbocycles. The first-order chi connectivity index (χ1) is 9.74. The van der Waals surface area contributed by atoms with Crippen LogP contribution in [0.5, 0.6) is 0 Å². The zero-order valence-electron chi connectivity index (χ0n) is 10.7. The van der Waals surface area contributed by atoms with Crippen LogP contribution in [0.3, 0.4) is 0 Å². The fourth-order valence-electron chi connectivity index (χ4n) is 2.25. The second-order valence-corrected chi connectivity index (χ2v) is 7.21. The molecule has 104 valence electrons. The number of rotatable bonds is 5. The highest BCUT2D eigenvalue weighted by Crippen LogP contribution is 2.31. The van der Waals surface area contributed by atoms with Gasteiger partial charge >= 0.3 is 0 Å². The summed E-state index contributed by atoms with van der Waals surface area (Å²) in [6.45, 7) is 1.81. The van der Waals surface area contributed by atoms with Crippen molar-refractivity contribution in [1.82, 2.24) is 10.3 Å². The first kappa shape index (κ1) is 14.1. The van der Waals surface area contributed by atoms with Crippen LogP contribution in [-0.4, -0.2) is 11.5 Å². The van der Waals surface area contributed by atoms with Crippen molar-refractivity contribution in [3.05, 3.63) is 55.8 Å². The lowest BCUT2D eigenvalue weighted by Gasteiger charge is -2.02. The van der Waals surface area contributed by atoms with E-state index in [2.05, 4.69) is 62.8 Å². The topological polar surface area (TPSA) is 27.8 Å². The molecule has 2 aromatic heterocycles. The molecule has 0 aliphatic rings. The van der Waals surface area contributed by atoms with Crippen molar-refractivity contribution in [3.8, 4) is 0 Å². The van der Waals surface area contributed by atoms with E-state index in [0.717, 1.165) is 28.3 Å². The van der Waals surface area contributed by atoms with Gasteiger partial charge in [0.15, 0.2) is 0 Å². The van der Waals surface area contributed by atoms with Crippen LogP contribution in [0.15, 0.2) is 41.0 Å². The number of fused-ring (bicyclic) bond motifs is 1. The average Bonchev–Trinajstić information content (AvgIpc) is 3.00. The number of aromatic amines is 1. The summed E-state index contributed by atoms with van der Waals surface area (Å²) in [5.74, 6) is 0. The average molecular weight is 370 g/mol. The fourth-order valence-corrected chi connectivity index (χ4v) is 4.01. The molecule has 0 saturated heterocycles. The third-order valence-electron chi connectivity index (χ3n) is 3.24. The van der Waals surface area contributed by atoms with E-state index in [1.54, 1.807) is 11.3 Å². The van der Waals surface area contributed by atoms with Gasteiger partial charge in [0.2, 0.25) is 0 Å². The molecule has 2 nitrogen and oxygen atoms in total. The van der Waals surface area contributed by atoms with E-state index in [0.29, 0.717) is 0 Å². The molecule has 0 radical (unpaired) electrons. The van der Waals surface area contributed by atoms with Crippen LogP contribution in [0.25, 0.3) is 10.9 Å². The van der Waals surface area contributed by atoms with Crippen LogP contribution < -0.4 is 5.32 Å². The molecule has 2 N–H and O–H groups in total. The molecule has 0 aliphatic carbocycles. The Morgan fingerprint density at radius 3 is 2.95 bits per heavy atom. The highest BCUT2D eigenvalue weighted by Gasteiger charge is 2.05. The quantitative estimate of drug-likeness (QED) is 0.610. The van der Waals surface area contributed by atoms with Crippen LogP contribution in [-0.2, 0) is 13.0 Å². The molecule has 2 heterocycles. The zero-order valence-corrected chi connectivity index (χ0v) is 13.9. The second kappa shape index (κ2) is 6.31. The van der Waals surface area contributed by atoms with Crippen molar-refractivity contribution in [3.63, 3.8) is 0 Å². The van der Waals surface area contributed by atoms with E-state index >= 15 is 0 Å². The molecule has 0 bridgehead atoms. The van der Waals surface area contributed by atoms with Gasteiger partial charge in [0.25, 0.3) is 0 Å². The fraction of sp³-hybridized carbons (Fsp3) is 0.200. The largest absolute Gasteiger partial charge is 0.361 e. The maximum absolute atomic E-state index is 6.03. The number of hydrogen-bond acceptors (Lipinski definition) is 2. The Bertz CT molecular complexity index is 700. The molecule has 0 amide bonds. The Kier molecular flexibility index (Phi) is 4.46. The molecule has 0 aliphatic heterocycles. The van der Waals surface area contributed by atoms with Crippen LogP contribution in [0, 0.1) is 0 Å². The summed E-state index contributed by atoms with van der Waals surface area (Å²) in [5.41, 5.74) is 2.56. The molecule has 0 unspecified atom stereocenters. The van der Waals surface area contributed by atoms with Gasteiger partial charge in [0.1, 0.15) is 4.34 Å². The summed E-state index contributed by atoms with van der Waals surface area (Å²) in [4.78, 5) is 4.56. The van der Waals surface area contributed by atoms with E-state index in [4.69, 9.17) is 11.6 Å². The number of nitrogens with one attached hydrogen (secondary N) is 2. The first-order valence-electron chi connectivity index (χ1n) is 6.43. The van der Waals surface area contributed by atoms with Crippen molar-refractivity contribution in [2.24, 2.45) is 0 Å². The molecule has 0 atom stereocenters. The molecule has 3 aromatic rings. The lowest BCUT2D eigenvalue weighted by atomic mass is 10.1. The van der Waals surface area contributed by atoms with Gasteiger partial charge in [-0.2, -0.15) is 0 Å². The van der Waals surface area contributed by atoms with Crippen molar-refractivity contribution >= 4 is 49.8 Å². The van der Waals surface area contributed by atoms with E-state index in [1.165, 1.54) is 21.3 Å². The van der Waals surface area contributed by atoms with Gasteiger partial charge in [-0.05, 0) is 46.6 Å². The smallest absolute Gasteiger partial charge is 0.107 e. The minimum Gasteiger partial charge on any atom is -0.361 e. The number of halogens is 2. The minimum atomic E-state index is 0.818. The van der Waals surface area contributed by atoms with Gasteiger partial charge in [-0.15, -0.1) is 11.3 Å². The number of benzene rings is 1. The third kappa shape index (κ3) is 3.09. The Morgan fingerprint density at radius 1 is 1.30 bits per heavy atom. The van der Waals surface area contributed by atoms with Gasteiger partial charge in [0.05, 0.1) is 0 Å². The summed E-state index contributed by atoms with van der Waals surface area (Å²) in [6.07, 6.45) is 3.12. The maximum Gasteiger partial charge on any atom is 0.107 e. The summed E-state index contributed by atoms with van der Waals surface area (Å²) in [7, 11) is 0. The predicted molar refractivity (Wildman–Crippen MR) is 90.7 cm³/mol. The highest BCUT2D eigenvalue weighted by atomic mass is 79.9. The Hall–Kier alpha value is -0.810. The molecule has 5 heteroatoms. The Labute approximate surface area is 135 Å².